The largest absolute Gasteiger partial charge is 0.333 e. The minimum atomic E-state index is -0.0505. The first-order valence-electron chi connectivity index (χ1n) is 5.85. The van der Waals surface area contributed by atoms with Crippen LogP contribution in [0.2, 0.25) is 0 Å². The number of hydrogen-bond acceptors (Lipinski definition) is 3. The van der Waals surface area contributed by atoms with Crippen molar-refractivity contribution in [3.8, 4) is 0 Å². The number of urea groups is 1. The molecule has 0 fully saturated rings. The van der Waals surface area contributed by atoms with Crippen LogP contribution in [0.25, 0.3) is 0 Å². The van der Waals surface area contributed by atoms with Crippen LogP contribution < -0.4 is 5.32 Å². The van der Waals surface area contributed by atoms with Crippen molar-refractivity contribution in [2.24, 2.45) is 0 Å². The van der Waals surface area contributed by atoms with Crippen molar-refractivity contribution >= 4 is 44.6 Å². The standard InChI is InChI=1S/C13H15BrN2OS2/c1-9(12-4-3-5-18-12)16(2)13(17)15-7-11-6-10(14)8-19-11/h3-6,8-9H,7H2,1-2H3,(H,15,17). The topological polar surface area (TPSA) is 32.3 Å². The third-order valence-electron chi connectivity index (χ3n) is 2.89. The van der Waals surface area contributed by atoms with Gasteiger partial charge in [-0.3, -0.25) is 0 Å². The lowest BCUT2D eigenvalue weighted by Gasteiger charge is -2.24. The predicted octanol–water partition coefficient (Wildman–Crippen LogP) is 4.47. The summed E-state index contributed by atoms with van der Waals surface area (Å²) in [5.74, 6) is 0. The van der Waals surface area contributed by atoms with Gasteiger partial charge in [-0.2, -0.15) is 0 Å². The van der Waals surface area contributed by atoms with E-state index in [9.17, 15) is 4.79 Å². The monoisotopic (exact) mass is 358 g/mol. The van der Waals surface area contributed by atoms with Gasteiger partial charge in [0.05, 0.1) is 12.6 Å². The Labute approximate surface area is 129 Å². The molecule has 0 aliphatic heterocycles. The second kappa shape index (κ2) is 6.54. The fraction of sp³-hybridized carbons (Fsp3) is 0.308. The van der Waals surface area contributed by atoms with E-state index in [1.165, 1.54) is 4.88 Å². The van der Waals surface area contributed by atoms with Gasteiger partial charge in [-0.05, 0) is 40.4 Å². The van der Waals surface area contributed by atoms with E-state index in [4.69, 9.17) is 0 Å². The first-order chi connectivity index (χ1) is 9.08. The molecule has 0 spiro atoms. The summed E-state index contributed by atoms with van der Waals surface area (Å²) in [5.41, 5.74) is 0. The Hall–Kier alpha value is -0.850. The van der Waals surface area contributed by atoms with Crippen molar-refractivity contribution in [1.29, 1.82) is 0 Å². The van der Waals surface area contributed by atoms with Crippen molar-refractivity contribution in [2.45, 2.75) is 19.5 Å². The molecule has 2 amide bonds. The van der Waals surface area contributed by atoms with Crippen LogP contribution in [0, 0.1) is 0 Å². The number of hydrogen-bond donors (Lipinski definition) is 1. The molecule has 0 radical (unpaired) electrons. The van der Waals surface area contributed by atoms with Crippen LogP contribution in [0.4, 0.5) is 4.79 Å². The van der Waals surface area contributed by atoms with Crippen molar-refractivity contribution in [3.63, 3.8) is 0 Å². The second-order valence-electron chi connectivity index (χ2n) is 4.19. The Kier molecular flexibility index (Phi) is 5.01. The van der Waals surface area contributed by atoms with Gasteiger partial charge >= 0.3 is 6.03 Å². The number of nitrogens with zero attached hydrogens (tertiary/aromatic N) is 1. The van der Waals surface area contributed by atoms with Crippen LogP contribution >= 0.6 is 38.6 Å². The van der Waals surface area contributed by atoms with E-state index in [2.05, 4.69) is 27.3 Å². The number of nitrogens with one attached hydrogen (secondary N) is 1. The average Bonchev–Trinajstić information content (AvgIpc) is 3.05. The van der Waals surface area contributed by atoms with Gasteiger partial charge in [-0.15, -0.1) is 22.7 Å². The Morgan fingerprint density at radius 3 is 2.89 bits per heavy atom. The van der Waals surface area contributed by atoms with Crippen LogP contribution in [-0.4, -0.2) is 18.0 Å². The smallest absolute Gasteiger partial charge is 0.317 e. The van der Waals surface area contributed by atoms with Gasteiger partial charge in [0.2, 0.25) is 0 Å². The maximum Gasteiger partial charge on any atom is 0.317 e. The summed E-state index contributed by atoms with van der Waals surface area (Å²) in [7, 11) is 1.82. The quantitative estimate of drug-likeness (QED) is 0.858. The summed E-state index contributed by atoms with van der Waals surface area (Å²) >= 11 is 6.71. The maximum atomic E-state index is 12.1. The van der Waals surface area contributed by atoms with Crippen LogP contribution in [-0.2, 0) is 6.54 Å². The zero-order chi connectivity index (χ0) is 13.8. The molecule has 1 atom stereocenters. The minimum absolute atomic E-state index is 0.0505. The van der Waals surface area contributed by atoms with Gasteiger partial charge in [0.1, 0.15) is 0 Å². The number of thiophene rings is 2. The summed E-state index contributed by atoms with van der Waals surface area (Å²) in [5, 5.41) is 6.98. The van der Waals surface area contributed by atoms with E-state index in [-0.39, 0.29) is 12.1 Å². The fourth-order valence-electron chi connectivity index (χ4n) is 1.63. The maximum absolute atomic E-state index is 12.1. The Morgan fingerprint density at radius 1 is 1.53 bits per heavy atom. The van der Waals surface area contributed by atoms with E-state index in [0.29, 0.717) is 6.54 Å². The fourth-order valence-corrected chi connectivity index (χ4v) is 3.85. The summed E-state index contributed by atoms with van der Waals surface area (Å²) in [6.45, 7) is 2.60. The first kappa shape index (κ1) is 14.6. The van der Waals surface area contributed by atoms with Gasteiger partial charge in [-0.25, -0.2) is 4.79 Å². The molecule has 3 nitrogen and oxygen atoms in total. The number of carbonyl (C=O) groups excluding carboxylic acids is 1. The molecule has 2 aromatic rings. The molecule has 1 unspecified atom stereocenters. The van der Waals surface area contributed by atoms with E-state index >= 15 is 0 Å². The Bertz CT molecular complexity index is 539. The molecule has 102 valence electrons. The lowest BCUT2D eigenvalue weighted by molar-refractivity contribution is 0.195. The second-order valence-corrected chi connectivity index (χ2v) is 7.08. The van der Waals surface area contributed by atoms with Crippen molar-refractivity contribution < 1.29 is 4.79 Å². The molecule has 0 saturated heterocycles. The molecule has 0 aromatic carbocycles. The molecule has 0 bridgehead atoms. The molecule has 6 heteroatoms. The van der Waals surface area contributed by atoms with E-state index < -0.39 is 0 Å². The van der Waals surface area contributed by atoms with Gasteiger partial charge < -0.3 is 10.2 Å². The molecule has 2 rings (SSSR count). The molecule has 19 heavy (non-hydrogen) atoms. The molecule has 0 saturated carbocycles. The Morgan fingerprint density at radius 2 is 2.32 bits per heavy atom. The minimum Gasteiger partial charge on any atom is -0.333 e. The van der Waals surface area contributed by atoms with Crippen LogP contribution in [0.5, 0.6) is 0 Å². The van der Waals surface area contributed by atoms with E-state index in [1.807, 2.05) is 36.9 Å². The highest BCUT2D eigenvalue weighted by molar-refractivity contribution is 9.10. The van der Waals surface area contributed by atoms with Crippen LogP contribution in [0.1, 0.15) is 22.7 Å². The zero-order valence-corrected chi connectivity index (χ0v) is 13.9. The summed E-state index contributed by atoms with van der Waals surface area (Å²) in [6, 6.07) is 6.12. The summed E-state index contributed by atoms with van der Waals surface area (Å²) in [4.78, 5) is 16.1. The predicted molar refractivity (Wildman–Crippen MR) is 84.8 cm³/mol. The third kappa shape index (κ3) is 3.81. The van der Waals surface area contributed by atoms with E-state index in [0.717, 1.165) is 9.35 Å². The first-order valence-corrected chi connectivity index (χ1v) is 8.40. The number of halogens is 1. The summed E-state index contributed by atoms with van der Waals surface area (Å²) < 4.78 is 1.06. The van der Waals surface area contributed by atoms with Crippen molar-refractivity contribution in [2.75, 3.05) is 7.05 Å². The highest BCUT2D eigenvalue weighted by Gasteiger charge is 2.17. The molecule has 2 heterocycles. The van der Waals surface area contributed by atoms with Crippen LogP contribution in [0.3, 0.4) is 0 Å². The van der Waals surface area contributed by atoms with Gasteiger partial charge in [0, 0.05) is 26.7 Å². The molecule has 2 aromatic heterocycles. The van der Waals surface area contributed by atoms with Gasteiger partial charge in [0.25, 0.3) is 0 Å². The molecular weight excluding hydrogens is 344 g/mol. The third-order valence-corrected chi connectivity index (χ3v) is 5.63. The van der Waals surface area contributed by atoms with E-state index in [1.54, 1.807) is 27.6 Å². The highest BCUT2D eigenvalue weighted by Crippen LogP contribution is 2.23. The number of carbonyl (C=O) groups is 1. The molecule has 0 aliphatic carbocycles. The van der Waals surface area contributed by atoms with Gasteiger partial charge in [-0.1, -0.05) is 6.07 Å². The Balaban J connectivity index is 1.89. The van der Waals surface area contributed by atoms with Crippen molar-refractivity contribution in [3.05, 3.63) is 43.2 Å². The molecule has 0 aliphatic rings. The van der Waals surface area contributed by atoms with Gasteiger partial charge in [0.15, 0.2) is 0 Å². The molecular formula is C13H15BrN2OS2. The SMILES string of the molecule is CC(c1cccs1)N(C)C(=O)NCc1cc(Br)cs1. The van der Waals surface area contributed by atoms with Crippen LogP contribution in [0.15, 0.2) is 33.4 Å². The number of amides is 2. The summed E-state index contributed by atoms with van der Waals surface area (Å²) in [6.07, 6.45) is 0. The highest BCUT2D eigenvalue weighted by atomic mass is 79.9. The number of rotatable bonds is 4. The normalized spacial score (nSPS) is 12.2. The lowest BCUT2D eigenvalue weighted by Crippen LogP contribution is -2.38. The van der Waals surface area contributed by atoms with Crippen molar-refractivity contribution in [1.82, 2.24) is 10.2 Å². The zero-order valence-electron chi connectivity index (χ0n) is 10.7. The average molecular weight is 359 g/mol. The molecule has 1 N–H and O–H groups in total. The lowest BCUT2D eigenvalue weighted by atomic mass is 10.2.